The molecule has 1 aliphatic heterocycles. The van der Waals surface area contributed by atoms with Crippen molar-refractivity contribution in [3.63, 3.8) is 0 Å². The van der Waals surface area contributed by atoms with Crippen molar-refractivity contribution in [2.24, 2.45) is 7.05 Å². The second-order valence-electron chi connectivity index (χ2n) is 7.88. The predicted molar refractivity (Wildman–Crippen MR) is 114 cm³/mol. The molecule has 0 atom stereocenters. The summed E-state index contributed by atoms with van der Waals surface area (Å²) >= 11 is 0. The van der Waals surface area contributed by atoms with Gasteiger partial charge in [0.2, 0.25) is 5.43 Å². The zero-order valence-electron chi connectivity index (χ0n) is 17.2. The lowest BCUT2D eigenvalue weighted by molar-refractivity contribution is 0.0619. The van der Waals surface area contributed by atoms with Gasteiger partial charge in [-0.2, -0.15) is 5.10 Å². The lowest BCUT2D eigenvalue weighted by atomic mass is 10.1. The molecule has 0 radical (unpaired) electrons. The first-order chi connectivity index (χ1) is 13.9. The van der Waals surface area contributed by atoms with E-state index in [2.05, 4.69) is 41.2 Å². The normalized spacial score (nSPS) is 15.1. The van der Waals surface area contributed by atoms with Crippen LogP contribution < -0.4 is 5.43 Å². The van der Waals surface area contributed by atoms with Gasteiger partial charge in [0.05, 0.1) is 10.9 Å². The van der Waals surface area contributed by atoms with Gasteiger partial charge in [0, 0.05) is 39.8 Å². The van der Waals surface area contributed by atoms with E-state index in [1.165, 1.54) is 11.1 Å². The van der Waals surface area contributed by atoms with E-state index in [1.807, 2.05) is 25.1 Å². The SMILES string of the molecule is Cc1ccc(CN2CCN(C(=O)c3nn(C)c4ccc(C)cc4c3=O)CC2)cc1. The summed E-state index contributed by atoms with van der Waals surface area (Å²) in [5, 5.41) is 4.85. The third-order valence-electron chi connectivity index (χ3n) is 5.60. The first-order valence-corrected chi connectivity index (χ1v) is 9.97. The number of benzene rings is 2. The van der Waals surface area contributed by atoms with Crippen LogP contribution >= 0.6 is 0 Å². The molecule has 3 aromatic rings. The Morgan fingerprint density at radius 2 is 1.62 bits per heavy atom. The molecule has 29 heavy (non-hydrogen) atoms. The van der Waals surface area contributed by atoms with Crippen LogP contribution in [0.15, 0.2) is 47.3 Å². The van der Waals surface area contributed by atoms with Crippen LogP contribution in [0.4, 0.5) is 0 Å². The largest absolute Gasteiger partial charge is 0.335 e. The van der Waals surface area contributed by atoms with Gasteiger partial charge in [-0.25, -0.2) is 0 Å². The highest BCUT2D eigenvalue weighted by molar-refractivity contribution is 5.95. The number of carbonyl (C=O) groups excluding carboxylic acids is 1. The minimum atomic E-state index is -0.283. The van der Waals surface area contributed by atoms with Gasteiger partial charge in [-0.15, -0.1) is 0 Å². The van der Waals surface area contributed by atoms with Gasteiger partial charge in [-0.05, 0) is 31.5 Å². The molecule has 0 N–H and O–H groups in total. The van der Waals surface area contributed by atoms with Crippen LogP contribution in [0.5, 0.6) is 0 Å². The summed E-state index contributed by atoms with van der Waals surface area (Å²) in [5.41, 5.74) is 3.98. The molecule has 4 rings (SSSR count). The Labute approximate surface area is 170 Å². The molecule has 1 aromatic heterocycles. The fourth-order valence-electron chi connectivity index (χ4n) is 3.84. The average Bonchev–Trinajstić information content (AvgIpc) is 2.72. The molecule has 2 aromatic carbocycles. The fourth-order valence-corrected chi connectivity index (χ4v) is 3.84. The summed E-state index contributed by atoms with van der Waals surface area (Å²) in [5.74, 6) is -0.274. The standard InChI is InChI=1S/C23H26N4O2/c1-16-4-7-18(8-5-16)15-26-10-12-27(13-11-26)23(29)21-22(28)19-14-17(2)6-9-20(19)25(3)24-21/h4-9,14H,10-13,15H2,1-3H3. The Bertz CT molecular complexity index is 1110. The van der Waals surface area contributed by atoms with Gasteiger partial charge in [0.1, 0.15) is 0 Å². The second kappa shape index (κ2) is 7.79. The third-order valence-corrected chi connectivity index (χ3v) is 5.60. The quantitative estimate of drug-likeness (QED) is 0.690. The molecule has 0 bridgehead atoms. The highest BCUT2D eigenvalue weighted by Gasteiger charge is 2.26. The molecule has 1 saturated heterocycles. The van der Waals surface area contributed by atoms with Gasteiger partial charge < -0.3 is 4.90 Å². The molecular weight excluding hydrogens is 364 g/mol. The molecule has 0 saturated carbocycles. The molecule has 1 fully saturated rings. The highest BCUT2D eigenvalue weighted by atomic mass is 16.2. The van der Waals surface area contributed by atoms with Crippen molar-refractivity contribution in [2.45, 2.75) is 20.4 Å². The van der Waals surface area contributed by atoms with Crippen molar-refractivity contribution in [3.8, 4) is 0 Å². The Balaban J connectivity index is 1.49. The lowest BCUT2D eigenvalue weighted by Crippen LogP contribution is -2.49. The number of hydrogen-bond acceptors (Lipinski definition) is 4. The van der Waals surface area contributed by atoms with Gasteiger partial charge in [0.15, 0.2) is 5.69 Å². The maximum absolute atomic E-state index is 13.0. The molecule has 150 valence electrons. The average molecular weight is 390 g/mol. The minimum absolute atomic E-state index is 0.0117. The Morgan fingerprint density at radius 3 is 2.31 bits per heavy atom. The number of carbonyl (C=O) groups is 1. The summed E-state index contributed by atoms with van der Waals surface area (Å²) in [7, 11) is 1.77. The van der Waals surface area contributed by atoms with Crippen molar-refractivity contribution in [2.75, 3.05) is 26.2 Å². The van der Waals surface area contributed by atoms with Crippen molar-refractivity contribution < 1.29 is 4.79 Å². The molecule has 0 spiro atoms. The fraction of sp³-hybridized carbons (Fsp3) is 0.348. The molecule has 0 aliphatic carbocycles. The number of hydrogen-bond donors (Lipinski definition) is 0. The molecular formula is C23H26N4O2. The number of nitrogens with zero attached hydrogens (tertiary/aromatic N) is 4. The predicted octanol–water partition coefficient (Wildman–Crippen LogP) is 2.51. The first kappa shape index (κ1) is 19.3. The van der Waals surface area contributed by atoms with Crippen LogP contribution in [-0.4, -0.2) is 51.7 Å². The van der Waals surface area contributed by atoms with Crippen LogP contribution in [-0.2, 0) is 13.6 Å². The maximum Gasteiger partial charge on any atom is 0.278 e. The number of aryl methyl sites for hydroxylation is 3. The number of amides is 1. The molecule has 2 heterocycles. The molecule has 1 aliphatic rings. The minimum Gasteiger partial charge on any atom is -0.335 e. The topological polar surface area (TPSA) is 58.4 Å². The summed E-state index contributed by atoms with van der Waals surface area (Å²) in [4.78, 5) is 30.0. The lowest BCUT2D eigenvalue weighted by Gasteiger charge is -2.34. The van der Waals surface area contributed by atoms with Crippen molar-refractivity contribution >= 4 is 16.8 Å². The van der Waals surface area contributed by atoms with E-state index in [0.717, 1.165) is 30.7 Å². The monoisotopic (exact) mass is 390 g/mol. The van der Waals surface area contributed by atoms with Gasteiger partial charge in [-0.3, -0.25) is 19.2 Å². The van der Waals surface area contributed by atoms with Crippen LogP contribution in [0.3, 0.4) is 0 Å². The summed E-state index contributed by atoms with van der Waals surface area (Å²) in [6.45, 7) is 7.66. The van der Waals surface area contributed by atoms with Gasteiger partial charge in [-0.1, -0.05) is 41.5 Å². The van der Waals surface area contributed by atoms with Gasteiger partial charge in [0.25, 0.3) is 5.91 Å². The summed E-state index contributed by atoms with van der Waals surface area (Å²) in [6, 6.07) is 14.2. The van der Waals surface area contributed by atoms with Crippen LogP contribution in [0.2, 0.25) is 0 Å². The Hall–Kier alpha value is -2.99. The number of aromatic nitrogens is 2. The van der Waals surface area contributed by atoms with E-state index in [1.54, 1.807) is 16.6 Å². The first-order valence-electron chi connectivity index (χ1n) is 9.97. The zero-order chi connectivity index (χ0) is 20.5. The van der Waals surface area contributed by atoms with Crippen molar-refractivity contribution in [1.29, 1.82) is 0 Å². The van der Waals surface area contributed by atoms with E-state index < -0.39 is 0 Å². The molecule has 0 unspecified atom stereocenters. The van der Waals surface area contributed by atoms with Crippen LogP contribution in [0, 0.1) is 13.8 Å². The van der Waals surface area contributed by atoms with E-state index in [-0.39, 0.29) is 17.0 Å². The molecule has 6 nitrogen and oxygen atoms in total. The van der Waals surface area contributed by atoms with Crippen molar-refractivity contribution in [1.82, 2.24) is 19.6 Å². The van der Waals surface area contributed by atoms with E-state index >= 15 is 0 Å². The summed E-state index contributed by atoms with van der Waals surface area (Å²) in [6.07, 6.45) is 0. The number of piperazine rings is 1. The third kappa shape index (κ3) is 3.93. The Morgan fingerprint density at radius 1 is 0.966 bits per heavy atom. The van der Waals surface area contributed by atoms with Crippen LogP contribution in [0.25, 0.3) is 10.9 Å². The van der Waals surface area contributed by atoms with E-state index in [4.69, 9.17) is 0 Å². The molecule has 6 heteroatoms. The smallest absolute Gasteiger partial charge is 0.278 e. The number of rotatable bonds is 3. The molecule has 1 amide bonds. The van der Waals surface area contributed by atoms with Crippen molar-refractivity contribution in [3.05, 3.63) is 75.1 Å². The van der Waals surface area contributed by atoms with Gasteiger partial charge >= 0.3 is 0 Å². The van der Waals surface area contributed by atoms with E-state index in [0.29, 0.717) is 18.5 Å². The summed E-state index contributed by atoms with van der Waals surface area (Å²) < 4.78 is 1.62. The van der Waals surface area contributed by atoms with Crippen LogP contribution in [0.1, 0.15) is 27.2 Å². The number of fused-ring (bicyclic) bond motifs is 1. The zero-order valence-corrected chi connectivity index (χ0v) is 17.2. The highest BCUT2D eigenvalue weighted by Crippen LogP contribution is 2.14. The Kier molecular flexibility index (Phi) is 5.20. The maximum atomic E-state index is 13.0. The second-order valence-corrected chi connectivity index (χ2v) is 7.88. The van der Waals surface area contributed by atoms with E-state index in [9.17, 15) is 9.59 Å².